The molecule has 0 bridgehead atoms. The van der Waals surface area contributed by atoms with E-state index in [0.717, 1.165) is 42.5 Å². The highest BCUT2D eigenvalue weighted by Gasteiger charge is 2.40. The Morgan fingerprint density at radius 2 is 1.73 bits per heavy atom. The fraction of sp³-hybridized carbons (Fsp3) is 0.577. The number of esters is 1. The molecule has 7 nitrogen and oxygen atoms in total. The maximum atomic E-state index is 12.3. The Bertz CT molecular complexity index is 1000. The molecule has 206 valence electrons. The van der Waals surface area contributed by atoms with Crippen LogP contribution >= 0.6 is 46.1 Å². The lowest BCUT2D eigenvalue weighted by Gasteiger charge is -2.23. The highest BCUT2D eigenvalue weighted by molar-refractivity contribution is 7.13. The second kappa shape index (κ2) is 14.4. The number of halogens is 3. The number of aliphatic hydroxyl groups excluding tert-OH is 5. The summed E-state index contributed by atoms with van der Waals surface area (Å²) in [5.41, 5.74) is 1.03. The van der Waals surface area contributed by atoms with Crippen molar-refractivity contribution in [1.82, 2.24) is 0 Å². The molecule has 0 aliphatic heterocycles. The fourth-order valence-corrected chi connectivity index (χ4v) is 6.86. The van der Waals surface area contributed by atoms with Gasteiger partial charge in [0.25, 0.3) is 0 Å². The van der Waals surface area contributed by atoms with Crippen molar-refractivity contribution in [2.24, 2.45) is 11.8 Å². The van der Waals surface area contributed by atoms with E-state index in [9.17, 15) is 25.2 Å². The lowest BCUT2D eigenvalue weighted by molar-refractivity contribution is -0.0925. The molecule has 11 heteroatoms. The van der Waals surface area contributed by atoms with Crippen LogP contribution in [-0.2, 0) is 17.6 Å². The van der Waals surface area contributed by atoms with Gasteiger partial charge in [-0.2, -0.15) is 0 Å². The van der Waals surface area contributed by atoms with Gasteiger partial charge < -0.3 is 30.3 Å². The van der Waals surface area contributed by atoms with E-state index in [0.29, 0.717) is 21.3 Å². The number of hydrogen-bond donors (Lipinski definition) is 5. The van der Waals surface area contributed by atoms with Gasteiger partial charge in [0.15, 0.2) is 0 Å². The van der Waals surface area contributed by atoms with E-state index in [4.69, 9.17) is 44.6 Å². The second-order valence-corrected chi connectivity index (χ2v) is 12.1. The second-order valence-electron chi connectivity index (χ2n) is 9.53. The molecule has 0 amide bonds. The molecule has 0 unspecified atom stereocenters. The Hall–Kier alpha value is -0.940. The molecule has 0 saturated heterocycles. The van der Waals surface area contributed by atoms with Gasteiger partial charge in [0, 0.05) is 20.3 Å². The largest absolute Gasteiger partial charge is 0.459 e. The Morgan fingerprint density at radius 1 is 1.03 bits per heavy atom. The zero-order valence-corrected chi connectivity index (χ0v) is 23.3. The number of alkyl halides is 1. The van der Waals surface area contributed by atoms with Crippen molar-refractivity contribution in [2.75, 3.05) is 13.2 Å². The zero-order chi connectivity index (χ0) is 27.1. The van der Waals surface area contributed by atoms with Crippen molar-refractivity contribution >= 4 is 52.1 Å². The summed E-state index contributed by atoms with van der Waals surface area (Å²) < 4.78 is 5.03. The third-order valence-corrected chi connectivity index (χ3v) is 8.91. The molecule has 1 saturated carbocycles. The lowest BCUT2D eigenvalue weighted by atomic mass is 9.85. The molecule has 1 aromatic carbocycles. The first-order valence-corrected chi connectivity index (χ1v) is 14.3. The molecular formula is C26H33Cl3O7S. The summed E-state index contributed by atoms with van der Waals surface area (Å²) >= 11 is 20.1. The number of carbonyl (C=O) groups is 1. The summed E-state index contributed by atoms with van der Waals surface area (Å²) in [7, 11) is 0. The van der Waals surface area contributed by atoms with Crippen LogP contribution in [0.5, 0.6) is 0 Å². The average molecular weight is 596 g/mol. The van der Waals surface area contributed by atoms with E-state index < -0.39 is 43.6 Å². The number of ether oxygens (including phenoxy) is 1. The van der Waals surface area contributed by atoms with E-state index in [2.05, 4.69) is 0 Å². The molecular weight excluding hydrogens is 563 g/mol. The molecule has 2 aromatic rings. The SMILES string of the molecule is O=C(OC[C@@H](O)[C@H](O)[C@@H](O)CO)c1ccc(CCC[C@@H]2[C@@H](CCc3cc(Cl)cc(Cl)c3)[C@H](O)C[C@H]2Cl)s1. The van der Waals surface area contributed by atoms with Gasteiger partial charge in [0.05, 0.1) is 12.7 Å². The quantitative estimate of drug-likeness (QED) is 0.176. The molecule has 37 heavy (non-hydrogen) atoms. The van der Waals surface area contributed by atoms with Gasteiger partial charge in [-0.05, 0) is 86.3 Å². The Labute approximate surface area is 235 Å². The predicted octanol–water partition coefficient (Wildman–Crippen LogP) is 3.85. The normalized spacial score (nSPS) is 24.1. The van der Waals surface area contributed by atoms with Crippen molar-refractivity contribution in [3.63, 3.8) is 0 Å². The number of thiophene rings is 1. The van der Waals surface area contributed by atoms with Crippen LogP contribution in [0.3, 0.4) is 0 Å². The Kier molecular flexibility index (Phi) is 11.9. The molecule has 7 atom stereocenters. The van der Waals surface area contributed by atoms with Gasteiger partial charge >= 0.3 is 5.97 Å². The number of hydrogen-bond acceptors (Lipinski definition) is 8. The monoisotopic (exact) mass is 594 g/mol. The highest BCUT2D eigenvalue weighted by atomic mass is 35.5. The lowest BCUT2D eigenvalue weighted by Crippen LogP contribution is -2.42. The molecule has 1 aliphatic rings. The molecule has 1 aromatic heterocycles. The van der Waals surface area contributed by atoms with Crippen LogP contribution in [0.1, 0.15) is 45.8 Å². The van der Waals surface area contributed by atoms with Crippen LogP contribution < -0.4 is 0 Å². The van der Waals surface area contributed by atoms with Crippen LogP contribution in [0, 0.1) is 11.8 Å². The third-order valence-electron chi connectivity index (χ3n) is 6.85. The summed E-state index contributed by atoms with van der Waals surface area (Å²) in [6, 6.07) is 8.98. The van der Waals surface area contributed by atoms with E-state index >= 15 is 0 Å². The fourth-order valence-electron chi connectivity index (χ4n) is 4.85. The van der Waals surface area contributed by atoms with Crippen LogP contribution in [0.4, 0.5) is 0 Å². The van der Waals surface area contributed by atoms with E-state index in [1.165, 1.54) is 11.3 Å². The minimum absolute atomic E-state index is 0.0836. The summed E-state index contributed by atoms with van der Waals surface area (Å²) in [6.45, 7) is -1.23. The molecule has 5 N–H and O–H groups in total. The zero-order valence-electron chi connectivity index (χ0n) is 20.2. The molecule has 1 heterocycles. The van der Waals surface area contributed by atoms with E-state index in [1.54, 1.807) is 12.1 Å². The van der Waals surface area contributed by atoms with E-state index in [-0.39, 0.29) is 17.2 Å². The minimum Gasteiger partial charge on any atom is -0.459 e. The predicted molar refractivity (Wildman–Crippen MR) is 145 cm³/mol. The smallest absolute Gasteiger partial charge is 0.348 e. The number of aliphatic hydroxyl groups is 5. The summed E-state index contributed by atoms with van der Waals surface area (Å²) in [5.74, 6) is -0.375. The van der Waals surface area contributed by atoms with E-state index in [1.807, 2.05) is 18.2 Å². The van der Waals surface area contributed by atoms with Crippen LogP contribution in [-0.4, -0.2) is 74.5 Å². The van der Waals surface area contributed by atoms with Crippen molar-refractivity contribution < 1.29 is 35.1 Å². The van der Waals surface area contributed by atoms with Crippen molar-refractivity contribution in [2.45, 2.75) is 68.3 Å². The highest BCUT2D eigenvalue weighted by Crippen LogP contribution is 2.42. The van der Waals surface area contributed by atoms with Gasteiger partial charge in [-0.15, -0.1) is 22.9 Å². The summed E-state index contributed by atoms with van der Waals surface area (Å²) in [5, 5.41) is 49.3. The number of carbonyl (C=O) groups excluding carboxylic acids is 1. The van der Waals surface area contributed by atoms with Gasteiger partial charge in [-0.1, -0.05) is 23.2 Å². The van der Waals surface area contributed by atoms with Crippen LogP contribution in [0.15, 0.2) is 30.3 Å². The first kappa shape index (κ1) is 30.6. The summed E-state index contributed by atoms with van der Waals surface area (Å²) in [4.78, 5) is 13.6. The minimum atomic E-state index is -1.62. The van der Waals surface area contributed by atoms with Gasteiger partial charge in [-0.25, -0.2) is 4.79 Å². The van der Waals surface area contributed by atoms with Crippen LogP contribution in [0.2, 0.25) is 10.0 Å². The maximum Gasteiger partial charge on any atom is 0.348 e. The van der Waals surface area contributed by atoms with Gasteiger partial charge in [-0.3, -0.25) is 0 Å². The first-order chi connectivity index (χ1) is 17.6. The topological polar surface area (TPSA) is 127 Å². The average Bonchev–Trinajstić information content (AvgIpc) is 3.43. The van der Waals surface area contributed by atoms with Crippen molar-refractivity contribution in [1.29, 1.82) is 0 Å². The van der Waals surface area contributed by atoms with Crippen molar-refractivity contribution in [3.8, 4) is 0 Å². The van der Waals surface area contributed by atoms with Gasteiger partial charge in [0.1, 0.15) is 29.8 Å². The standard InChI is InChI=1S/C26H33Cl3O7S/c27-15-8-14(9-16(28)10-15)4-6-19-18(20(29)11-21(19)31)3-1-2-17-5-7-24(37-17)26(35)36-13-23(33)25(34)22(32)12-30/h5,7-10,18-23,25,30-34H,1-4,6,11-13H2/t18-,19-,20-,21-,22+,23-,25-/m1/s1. The molecule has 1 fully saturated rings. The summed E-state index contributed by atoms with van der Waals surface area (Å²) in [6.07, 6.45) is -0.557. The molecule has 1 aliphatic carbocycles. The Balaban J connectivity index is 1.47. The maximum absolute atomic E-state index is 12.3. The Morgan fingerprint density at radius 3 is 2.41 bits per heavy atom. The molecule has 3 rings (SSSR count). The third kappa shape index (κ3) is 8.78. The number of aryl methyl sites for hydroxylation is 2. The van der Waals surface area contributed by atoms with Crippen molar-refractivity contribution in [3.05, 3.63) is 55.7 Å². The van der Waals surface area contributed by atoms with Crippen LogP contribution in [0.25, 0.3) is 0 Å². The molecule has 0 spiro atoms. The number of rotatable bonds is 13. The van der Waals surface area contributed by atoms with Gasteiger partial charge in [0.2, 0.25) is 0 Å². The first-order valence-electron chi connectivity index (χ1n) is 12.3. The molecule has 0 radical (unpaired) electrons. The number of benzene rings is 1.